The number of nitroso groups, excluding NO2 is 1. The minimum absolute atomic E-state index is 0.202. The molecule has 0 aromatic carbocycles. The lowest BCUT2D eigenvalue weighted by atomic mass is 10.2. The van der Waals surface area contributed by atoms with Crippen LogP contribution in [0, 0.1) is 4.91 Å². The molecule has 0 saturated carbocycles. The van der Waals surface area contributed by atoms with Crippen LogP contribution in [0.5, 0.6) is 0 Å². The molecule has 1 aromatic rings. The van der Waals surface area contributed by atoms with Gasteiger partial charge in [0.25, 0.3) is 0 Å². The summed E-state index contributed by atoms with van der Waals surface area (Å²) in [7, 11) is 0. The molecule has 0 bridgehead atoms. The van der Waals surface area contributed by atoms with E-state index in [1.165, 1.54) is 0 Å². The third-order valence-corrected chi connectivity index (χ3v) is 1.75. The zero-order chi connectivity index (χ0) is 12.1. The molecule has 1 amide bonds. The van der Waals surface area contributed by atoms with E-state index in [4.69, 9.17) is 21.1 Å². The van der Waals surface area contributed by atoms with Crippen molar-refractivity contribution in [2.45, 2.75) is 6.04 Å². The Hall–Kier alpha value is -1.96. The maximum Gasteiger partial charge on any atom is 0.338 e. The fraction of sp³-hybridized carbons (Fsp3) is 0.286. The van der Waals surface area contributed by atoms with Crippen molar-refractivity contribution in [2.75, 3.05) is 11.2 Å². The molecule has 1 aromatic heterocycles. The Morgan fingerprint density at radius 1 is 1.69 bits per heavy atom. The van der Waals surface area contributed by atoms with Crippen molar-refractivity contribution in [3.05, 3.63) is 16.9 Å². The Kier molecular flexibility index (Phi) is 3.95. The number of carbonyl (C=O) groups excluding carboxylic acids is 1. The van der Waals surface area contributed by atoms with Crippen LogP contribution in [0.15, 0.2) is 15.9 Å². The first-order valence-electron chi connectivity index (χ1n) is 3.95. The quantitative estimate of drug-likeness (QED) is 0.585. The van der Waals surface area contributed by atoms with Gasteiger partial charge in [-0.05, 0) is 5.18 Å². The van der Waals surface area contributed by atoms with E-state index in [1.807, 2.05) is 0 Å². The molecule has 9 heteroatoms. The number of amides is 1. The van der Waals surface area contributed by atoms with Gasteiger partial charge in [0.15, 0.2) is 0 Å². The molecular weight excluding hydrogens is 242 g/mol. The third kappa shape index (κ3) is 2.76. The van der Waals surface area contributed by atoms with E-state index in [9.17, 15) is 14.5 Å². The minimum atomic E-state index is -1.66. The molecule has 0 aliphatic rings. The molecule has 1 atom stereocenters. The van der Waals surface area contributed by atoms with E-state index in [-0.39, 0.29) is 17.6 Å². The van der Waals surface area contributed by atoms with Gasteiger partial charge in [-0.3, -0.25) is 10.1 Å². The monoisotopic (exact) mass is 247 g/mol. The second kappa shape index (κ2) is 5.21. The first-order valence-corrected chi connectivity index (χ1v) is 4.48. The first kappa shape index (κ1) is 12.1. The molecule has 0 radical (unpaired) electrons. The van der Waals surface area contributed by atoms with Gasteiger partial charge in [0.2, 0.25) is 11.9 Å². The van der Waals surface area contributed by atoms with Crippen LogP contribution in [-0.4, -0.2) is 27.8 Å². The molecule has 1 unspecified atom stereocenters. The Morgan fingerprint density at radius 2 is 2.38 bits per heavy atom. The second-order valence-electron chi connectivity index (χ2n) is 2.61. The van der Waals surface area contributed by atoms with Crippen LogP contribution in [0.1, 0.15) is 11.7 Å². The first-order chi connectivity index (χ1) is 7.58. The summed E-state index contributed by atoms with van der Waals surface area (Å²) in [6.45, 7) is 0. The standard InChI is InChI=1S/C7H6ClN3O5/c8-1-4(12)10-7-9-3(2-16-7)5(11-15)6(13)14/h2,5H,1H2,(H,13,14)(H,9,10,12). The number of aliphatic carboxylic acids is 1. The van der Waals surface area contributed by atoms with Gasteiger partial charge in [0.1, 0.15) is 17.8 Å². The van der Waals surface area contributed by atoms with Gasteiger partial charge in [-0.25, -0.2) is 4.79 Å². The molecule has 1 rings (SSSR count). The average molecular weight is 248 g/mol. The molecule has 0 spiro atoms. The Morgan fingerprint density at radius 3 is 2.88 bits per heavy atom. The smallest absolute Gasteiger partial charge is 0.338 e. The van der Waals surface area contributed by atoms with Crippen molar-refractivity contribution in [1.29, 1.82) is 0 Å². The van der Waals surface area contributed by atoms with Gasteiger partial charge < -0.3 is 9.52 Å². The van der Waals surface area contributed by atoms with Crippen molar-refractivity contribution >= 4 is 29.5 Å². The highest BCUT2D eigenvalue weighted by Crippen LogP contribution is 2.18. The summed E-state index contributed by atoms with van der Waals surface area (Å²) in [5, 5.41) is 13.1. The molecule has 0 aliphatic heterocycles. The van der Waals surface area contributed by atoms with Gasteiger partial charge in [-0.1, -0.05) is 0 Å². The summed E-state index contributed by atoms with van der Waals surface area (Å²) in [6.07, 6.45) is 0.921. The second-order valence-corrected chi connectivity index (χ2v) is 2.87. The lowest BCUT2D eigenvalue weighted by molar-refractivity contribution is -0.138. The highest BCUT2D eigenvalue weighted by molar-refractivity contribution is 6.28. The summed E-state index contributed by atoms with van der Waals surface area (Å²) >= 11 is 5.20. The van der Waals surface area contributed by atoms with Crippen LogP contribution in [0.3, 0.4) is 0 Å². The SMILES string of the molecule is O=NC(C(=O)O)c1coc(NC(=O)CCl)n1. The Bertz CT molecular complexity index is 418. The average Bonchev–Trinajstić information content (AvgIpc) is 2.66. The molecule has 0 saturated heterocycles. The van der Waals surface area contributed by atoms with Gasteiger partial charge >= 0.3 is 12.0 Å². The van der Waals surface area contributed by atoms with Crippen LogP contribution in [0.4, 0.5) is 6.01 Å². The molecule has 1 heterocycles. The van der Waals surface area contributed by atoms with Crippen LogP contribution in [-0.2, 0) is 9.59 Å². The number of aromatic nitrogens is 1. The van der Waals surface area contributed by atoms with E-state index in [1.54, 1.807) is 0 Å². The molecule has 8 nitrogen and oxygen atoms in total. The fourth-order valence-corrected chi connectivity index (χ4v) is 0.914. The zero-order valence-corrected chi connectivity index (χ0v) is 8.47. The topological polar surface area (TPSA) is 122 Å². The number of alkyl halides is 1. The van der Waals surface area contributed by atoms with E-state index in [2.05, 4.69) is 15.5 Å². The molecule has 2 N–H and O–H groups in total. The summed E-state index contributed by atoms with van der Waals surface area (Å²) < 4.78 is 4.71. The number of halogens is 1. The molecule has 86 valence electrons. The number of oxazole rings is 1. The van der Waals surface area contributed by atoms with Gasteiger partial charge in [-0.15, -0.1) is 16.5 Å². The summed E-state index contributed by atoms with van der Waals surface area (Å²) in [5.74, 6) is -2.33. The third-order valence-electron chi connectivity index (χ3n) is 1.51. The van der Waals surface area contributed by atoms with Gasteiger partial charge in [-0.2, -0.15) is 4.98 Å². The summed E-state index contributed by atoms with van der Waals surface area (Å²) in [4.78, 5) is 35.1. The van der Waals surface area contributed by atoms with Crippen LogP contribution in [0.25, 0.3) is 0 Å². The van der Waals surface area contributed by atoms with Gasteiger partial charge in [0.05, 0.1) is 0 Å². The fourth-order valence-electron chi connectivity index (χ4n) is 0.847. The van der Waals surface area contributed by atoms with Crippen LogP contribution in [0.2, 0.25) is 0 Å². The number of anilines is 1. The van der Waals surface area contributed by atoms with Crippen LogP contribution >= 0.6 is 11.6 Å². The molecule has 0 fully saturated rings. The zero-order valence-electron chi connectivity index (χ0n) is 7.71. The number of rotatable bonds is 5. The highest BCUT2D eigenvalue weighted by atomic mass is 35.5. The Labute approximate surface area is 93.6 Å². The van der Waals surface area contributed by atoms with Crippen LogP contribution < -0.4 is 5.32 Å². The maximum absolute atomic E-state index is 10.8. The minimum Gasteiger partial charge on any atom is -0.479 e. The molecular formula is C7H6ClN3O5. The van der Waals surface area contributed by atoms with Crippen molar-refractivity contribution in [3.63, 3.8) is 0 Å². The van der Waals surface area contributed by atoms with Crippen molar-refractivity contribution < 1.29 is 19.1 Å². The van der Waals surface area contributed by atoms with Crippen molar-refractivity contribution in [2.24, 2.45) is 5.18 Å². The van der Waals surface area contributed by atoms with E-state index < -0.39 is 17.9 Å². The van der Waals surface area contributed by atoms with E-state index in [0.29, 0.717) is 0 Å². The molecule has 0 aliphatic carbocycles. The number of carboxylic acids is 1. The summed E-state index contributed by atoms with van der Waals surface area (Å²) in [5.41, 5.74) is -0.202. The lowest BCUT2D eigenvalue weighted by Crippen LogP contribution is -2.13. The number of carbonyl (C=O) groups is 2. The predicted molar refractivity (Wildman–Crippen MR) is 52.0 cm³/mol. The normalized spacial score (nSPS) is 11.8. The van der Waals surface area contributed by atoms with E-state index >= 15 is 0 Å². The van der Waals surface area contributed by atoms with Crippen molar-refractivity contribution in [1.82, 2.24) is 4.98 Å². The number of hydrogen-bond acceptors (Lipinski definition) is 6. The summed E-state index contributed by atoms with van der Waals surface area (Å²) in [6, 6.07) is -1.90. The predicted octanol–water partition coefficient (Wildman–Crippen LogP) is 0.744. The lowest BCUT2D eigenvalue weighted by Gasteiger charge is -1.96. The number of nitrogens with one attached hydrogen (secondary N) is 1. The molecule has 16 heavy (non-hydrogen) atoms. The highest BCUT2D eigenvalue weighted by Gasteiger charge is 2.24. The Balaban J connectivity index is 2.81. The largest absolute Gasteiger partial charge is 0.479 e. The number of hydrogen-bond donors (Lipinski definition) is 2. The van der Waals surface area contributed by atoms with Gasteiger partial charge in [0, 0.05) is 0 Å². The number of nitrogens with zero attached hydrogens (tertiary/aromatic N) is 2. The van der Waals surface area contributed by atoms with Crippen molar-refractivity contribution in [3.8, 4) is 0 Å². The van der Waals surface area contributed by atoms with E-state index in [0.717, 1.165) is 6.26 Å². The number of carboxylic acid groups (broad SMARTS) is 1. The maximum atomic E-state index is 10.8.